The second-order valence-corrected chi connectivity index (χ2v) is 3.88. The van der Waals surface area contributed by atoms with Crippen LogP contribution in [0.5, 0.6) is 5.75 Å². The Labute approximate surface area is 93.1 Å². The molecule has 0 unspecified atom stereocenters. The lowest BCUT2D eigenvalue weighted by Crippen LogP contribution is -2.38. The lowest BCUT2D eigenvalue weighted by atomic mass is 9.82. The van der Waals surface area contributed by atoms with Crippen molar-refractivity contribution >= 4 is 5.97 Å². The SMILES string of the molecule is N#Cc1ccc(OC2CC(C(=O)O)C2)cc1. The Morgan fingerprint density at radius 3 is 2.50 bits per heavy atom. The Hall–Kier alpha value is -2.02. The molecule has 0 atom stereocenters. The lowest BCUT2D eigenvalue weighted by Gasteiger charge is -2.32. The van der Waals surface area contributed by atoms with Crippen molar-refractivity contribution in [3.63, 3.8) is 0 Å². The number of rotatable bonds is 3. The van der Waals surface area contributed by atoms with Gasteiger partial charge in [0.15, 0.2) is 0 Å². The summed E-state index contributed by atoms with van der Waals surface area (Å²) in [6.45, 7) is 0. The van der Waals surface area contributed by atoms with E-state index in [1.54, 1.807) is 24.3 Å². The minimum atomic E-state index is -0.750. The molecule has 2 rings (SSSR count). The zero-order valence-corrected chi connectivity index (χ0v) is 8.59. The molecule has 0 aliphatic heterocycles. The molecule has 1 aromatic carbocycles. The van der Waals surface area contributed by atoms with Crippen LogP contribution in [0.25, 0.3) is 0 Å². The van der Waals surface area contributed by atoms with Crippen LogP contribution in [0.4, 0.5) is 0 Å². The van der Waals surface area contributed by atoms with Gasteiger partial charge in [-0.2, -0.15) is 5.26 Å². The van der Waals surface area contributed by atoms with Gasteiger partial charge in [0, 0.05) is 0 Å². The minimum Gasteiger partial charge on any atom is -0.490 e. The first kappa shape index (κ1) is 10.5. The Kier molecular flexibility index (Phi) is 2.78. The van der Waals surface area contributed by atoms with E-state index in [9.17, 15) is 4.79 Å². The van der Waals surface area contributed by atoms with Crippen molar-refractivity contribution in [3.05, 3.63) is 29.8 Å². The summed E-state index contributed by atoms with van der Waals surface area (Å²) >= 11 is 0. The van der Waals surface area contributed by atoms with E-state index in [0.717, 1.165) is 0 Å². The van der Waals surface area contributed by atoms with E-state index in [2.05, 4.69) is 0 Å². The van der Waals surface area contributed by atoms with E-state index >= 15 is 0 Å². The largest absolute Gasteiger partial charge is 0.490 e. The number of hydrogen-bond acceptors (Lipinski definition) is 3. The molecule has 0 saturated heterocycles. The number of benzene rings is 1. The molecular formula is C12H11NO3. The summed E-state index contributed by atoms with van der Waals surface area (Å²) in [5.41, 5.74) is 0.587. The summed E-state index contributed by atoms with van der Waals surface area (Å²) in [5, 5.41) is 17.3. The molecular weight excluding hydrogens is 206 g/mol. The fourth-order valence-electron chi connectivity index (χ4n) is 1.66. The molecule has 0 radical (unpaired) electrons. The molecule has 1 N–H and O–H groups in total. The van der Waals surface area contributed by atoms with Crippen molar-refractivity contribution < 1.29 is 14.6 Å². The quantitative estimate of drug-likeness (QED) is 0.838. The summed E-state index contributed by atoms with van der Waals surface area (Å²) in [5.74, 6) is -0.323. The molecule has 4 heteroatoms. The molecule has 82 valence electrons. The maximum Gasteiger partial charge on any atom is 0.306 e. The Morgan fingerprint density at radius 2 is 2.00 bits per heavy atom. The first-order valence-corrected chi connectivity index (χ1v) is 5.08. The number of carboxylic acids is 1. The minimum absolute atomic E-state index is 0.00552. The summed E-state index contributed by atoms with van der Waals surface area (Å²) < 4.78 is 5.56. The smallest absolute Gasteiger partial charge is 0.306 e. The molecule has 0 aromatic heterocycles. The average molecular weight is 217 g/mol. The van der Waals surface area contributed by atoms with Crippen LogP contribution >= 0.6 is 0 Å². The van der Waals surface area contributed by atoms with Gasteiger partial charge in [0.1, 0.15) is 11.9 Å². The predicted molar refractivity (Wildman–Crippen MR) is 55.9 cm³/mol. The summed E-state index contributed by atoms with van der Waals surface area (Å²) in [4.78, 5) is 10.6. The zero-order chi connectivity index (χ0) is 11.5. The van der Waals surface area contributed by atoms with Crippen LogP contribution in [0.1, 0.15) is 18.4 Å². The predicted octanol–water partition coefficient (Wildman–Crippen LogP) is 1.80. The van der Waals surface area contributed by atoms with Crippen LogP contribution in [-0.2, 0) is 4.79 Å². The number of nitrogens with zero attached hydrogens (tertiary/aromatic N) is 1. The molecule has 0 heterocycles. The molecule has 1 saturated carbocycles. The summed E-state index contributed by atoms with van der Waals surface area (Å²) in [7, 11) is 0. The van der Waals surface area contributed by atoms with Crippen LogP contribution in [-0.4, -0.2) is 17.2 Å². The van der Waals surface area contributed by atoms with Gasteiger partial charge < -0.3 is 9.84 Å². The van der Waals surface area contributed by atoms with Crippen LogP contribution in [0.15, 0.2) is 24.3 Å². The van der Waals surface area contributed by atoms with Gasteiger partial charge in [-0.15, -0.1) is 0 Å². The van der Waals surface area contributed by atoms with E-state index in [4.69, 9.17) is 15.1 Å². The van der Waals surface area contributed by atoms with E-state index in [1.165, 1.54) is 0 Å². The van der Waals surface area contributed by atoms with Crippen molar-refractivity contribution in [3.8, 4) is 11.8 Å². The maximum atomic E-state index is 10.6. The van der Waals surface area contributed by atoms with Gasteiger partial charge in [0.2, 0.25) is 0 Å². The maximum absolute atomic E-state index is 10.6. The summed E-state index contributed by atoms with van der Waals surface area (Å²) in [6.07, 6.45) is 1.12. The number of aliphatic carboxylic acids is 1. The van der Waals surface area contributed by atoms with E-state index in [-0.39, 0.29) is 12.0 Å². The van der Waals surface area contributed by atoms with Gasteiger partial charge in [-0.05, 0) is 37.1 Å². The normalized spacial score (nSPS) is 22.9. The second kappa shape index (κ2) is 4.23. The fourth-order valence-corrected chi connectivity index (χ4v) is 1.66. The number of hydrogen-bond donors (Lipinski definition) is 1. The molecule has 16 heavy (non-hydrogen) atoms. The first-order valence-electron chi connectivity index (χ1n) is 5.08. The molecule has 1 fully saturated rings. The van der Waals surface area contributed by atoms with Gasteiger partial charge in [-0.3, -0.25) is 4.79 Å². The molecule has 0 amide bonds. The third-order valence-corrected chi connectivity index (χ3v) is 2.73. The molecule has 1 aromatic rings. The van der Waals surface area contributed by atoms with Gasteiger partial charge in [-0.1, -0.05) is 0 Å². The molecule has 4 nitrogen and oxygen atoms in total. The highest BCUT2D eigenvalue weighted by Gasteiger charge is 2.35. The molecule has 0 spiro atoms. The third kappa shape index (κ3) is 2.14. The average Bonchev–Trinajstić information content (AvgIpc) is 2.23. The van der Waals surface area contributed by atoms with Crippen LogP contribution < -0.4 is 4.74 Å². The van der Waals surface area contributed by atoms with E-state index < -0.39 is 5.97 Å². The van der Waals surface area contributed by atoms with Gasteiger partial charge in [0.05, 0.1) is 17.6 Å². The van der Waals surface area contributed by atoms with Crippen molar-refractivity contribution in [1.29, 1.82) is 5.26 Å². The van der Waals surface area contributed by atoms with Crippen molar-refractivity contribution in [2.24, 2.45) is 5.92 Å². The highest BCUT2D eigenvalue weighted by molar-refractivity contribution is 5.71. The van der Waals surface area contributed by atoms with E-state index in [1.807, 2.05) is 6.07 Å². The summed E-state index contributed by atoms with van der Waals surface area (Å²) in [6, 6.07) is 8.85. The van der Waals surface area contributed by atoms with Gasteiger partial charge in [0.25, 0.3) is 0 Å². The van der Waals surface area contributed by atoms with Crippen molar-refractivity contribution in [1.82, 2.24) is 0 Å². The third-order valence-electron chi connectivity index (χ3n) is 2.73. The van der Waals surface area contributed by atoms with Gasteiger partial charge in [-0.25, -0.2) is 0 Å². The monoisotopic (exact) mass is 217 g/mol. The standard InChI is InChI=1S/C12H11NO3/c13-7-8-1-3-10(4-2-8)16-11-5-9(6-11)12(14)15/h1-4,9,11H,5-6H2,(H,14,15). The van der Waals surface area contributed by atoms with Crippen LogP contribution in [0.3, 0.4) is 0 Å². The number of nitriles is 1. The molecule has 1 aliphatic rings. The first-order chi connectivity index (χ1) is 7.69. The van der Waals surface area contributed by atoms with E-state index in [0.29, 0.717) is 24.2 Å². The Bertz CT molecular complexity index is 427. The topological polar surface area (TPSA) is 70.3 Å². The number of ether oxygens (including phenoxy) is 1. The van der Waals surface area contributed by atoms with Crippen molar-refractivity contribution in [2.45, 2.75) is 18.9 Å². The second-order valence-electron chi connectivity index (χ2n) is 3.88. The number of carboxylic acid groups (broad SMARTS) is 1. The highest BCUT2D eigenvalue weighted by atomic mass is 16.5. The Balaban J connectivity index is 1.87. The fraction of sp³-hybridized carbons (Fsp3) is 0.333. The Morgan fingerprint density at radius 1 is 1.38 bits per heavy atom. The lowest BCUT2D eigenvalue weighted by molar-refractivity contribution is -0.147. The van der Waals surface area contributed by atoms with Crippen molar-refractivity contribution in [2.75, 3.05) is 0 Å². The zero-order valence-electron chi connectivity index (χ0n) is 8.59. The van der Waals surface area contributed by atoms with Crippen LogP contribution in [0, 0.1) is 17.2 Å². The highest BCUT2D eigenvalue weighted by Crippen LogP contribution is 2.31. The molecule has 1 aliphatic carbocycles. The molecule has 0 bridgehead atoms. The van der Waals surface area contributed by atoms with Crippen LogP contribution in [0.2, 0.25) is 0 Å². The van der Waals surface area contributed by atoms with Gasteiger partial charge >= 0.3 is 5.97 Å². The number of carbonyl (C=O) groups is 1.